The van der Waals surface area contributed by atoms with Crippen molar-refractivity contribution in [3.63, 3.8) is 0 Å². The van der Waals surface area contributed by atoms with Crippen LogP contribution >= 0.6 is 0 Å². The molecule has 0 unspecified atom stereocenters. The number of phenolic OH excluding ortho intramolecular Hbond substituents is 1. The van der Waals surface area contributed by atoms with E-state index in [1.807, 2.05) is 42.5 Å². The van der Waals surface area contributed by atoms with Crippen LogP contribution in [0.2, 0.25) is 0 Å². The third-order valence-electron chi connectivity index (χ3n) is 5.14. The van der Waals surface area contributed by atoms with E-state index in [2.05, 4.69) is 5.32 Å². The smallest absolute Gasteiger partial charge is 0.257 e. The van der Waals surface area contributed by atoms with Gasteiger partial charge in [-0.25, -0.2) is 0 Å². The molecular weight excluding hydrogens is 406 g/mol. The van der Waals surface area contributed by atoms with Gasteiger partial charge in [0.15, 0.2) is 6.61 Å². The van der Waals surface area contributed by atoms with Gasteiger partial charge in [-0.15, -0.1) is 0 Å². The number of ether oxygens (including phenoxy) is 1. The van der Waals surface area contributed by atoms with Crippen molar-refractivity contribution in [2.75, 3.05) is 13.2 Å². The number of hydrogen-bond donors (Lipinski definition) is 2. The summed E-state index contributed by atoms with van der Waals surface area (Å²) in [5, 5.41) is 12.6. The minimum absolute atomic E-state index is 0.103. The van der Waals surface area contributed by atoms with Crippen LogP contribution in [-0.2, 0) is 11.2 Å². The number of aromatic hydroxyl groups is 1. The summed E-state index contributed by atoms with van der Waals surface area (Å²) in [5.41, 5.74) is 2.68. The quantitative estimate of drug-likeness (QED) is 0.459. The second-order valence-electron chi connectivity index (χ2n) is 7.44. The molecule has 0 radical (unpaired) electrons. The summed E-state index contributed by atoms with van der Waals surface area (Å²) in [5.74, 6) is 0.934. The largest absolute Gasteiger partial charge is 0.508 e. The van der Waals surface area contributed by atoms with E-state index in [1.54, 1.807) is 37.3 Å². The fraction of sp³-hybridized carbons (Fsp3) is 0.154. The molecule has 6 heteroatoms. The Balaban J connectivity index is 1.40. The lowest BCUT2D eigenvalue weighted by Gasteiger charge is -2.10. The molecule has 0 aliphatic carbocycles. The number of phenols is 1. The number of benzene rings is 3. The Morgan fingerprint density at radius 3 is 2.53 bits per heavy atom. The predicted octanol–water partition coefficient (Wildman–Crippen LogP) is 4.21. The summed E-state index contributed by atoms with van der Waals surface area (Å²) in [6, 6.07) is 21.2. The highest BCUT2D eigenvalue weighted by Gasteiger charge is 2.14. The van der Waals surface area contributed by atoms with Crippen molar-refractivity contribution in [2.45, 2.75) is 13.3 Å². The van der Waals surface area contributed by atoms with Gasteiger partial charge < -0.3 is 19.6 Å². The molecule has 0 saturated heterocycles. The van der Waals surface area contributed by atoms with E-state index in [0.29, 0.717) is 41.0 Å². The van der Waals surface area contributed by atoms with E-state index >= 15 is 0 Å². The highest BCUT2D eigenvalue weighted by atomic mass is 16.5. The molecule has 0 aliphatic rings. The third kappa shape index (κ3) is 4.81. The van der Waals surface area contributed by atoms with E-state index in [-0.39, 0.29) is 23.7 Å². The summed E-state index contributed by atoms with van der Waals surface area (Å²) in [7, 11) is 0. The van der Waals surface area contributed by atoms with Crippen LogP contribution in [0, 0.1) is 6.92 Å². The lowest BCUT2D eigenvalue weighted by molar-refractivity contribution is -0.123. The monoisotopic (exact) mass is 429 g/mol. The molecule has 1 heterocycles. The maximum absolute atomic E-state index is 13.0. The first kappa shape index (κ1) is 21.2. The first-order valence-electron chi connectivity index (χ1n) is 10.3. The highest BCUT2D eigenvalue weighted by molar-refractivity contribution is 5.84. The molecule has 2 N–H and O–H groups in total. The second-order valence-corrected chi connectivity index (χ2v) is 7.44. The number of fused-ring (bicyclic) bond motifs is 1. The van der Waals surface area contributed by atoms with Crippen LogP contribution in [0.3, 0.4) is 0 Å². The second kappa shape index (κ2) is 9.39. The molecule has 3 aromatic carbocycles. The molecule has 0 bridgehead atoms. The minimum atomic E-state index is -0.249. The van der Waals surface area contributed by atoms with Gasteiger partial charge >= 0.3 is 0 Å². The molecule has 0 spiro atoms. The Labute approximate surface area is 185 Å². The summed E-state index contributed by atoms with van der Waals surface area (Å²) < 4.78 is 11.5. The number of hydrogen-bond acceptors (Lipinski definition) is 5. The molecule has 32 heavy (non-hydrogen) atoms. The Morgan fingerprint density at radius 2 is 1.78 bits per heavy atom. The van der Waals surface area contributed by atoms with Gasteiger partial charge in [0.1, 0.15) is 22.8 Å². The molecule has 0 fully saturated rings. The first-order valence-corrected chi connectivity index (χ1v) is 10.3. The molecule has 0 atom stereocenters. The van der Waals surface area contributed by atoms with Gasteiger partial charge in [0.2, 0.25) is 5.43 Å². The maximum Gasteiger partial charge on any atom is 0.257 e. The molecule has 4 aromatic rings. The van der Waals surface area contributed by atoms with Crippen LogP contribution < -0.4 is 15.5 Å². The predicted molar refractivity (Wildman–Crippen MR) is 123 cm³/mol. The lowest BCUT2D eigenvalue weighted by atomic mass is 10.0. The highest BCUT2D eigenvalue weighted by Crippen LogP contribution is 2.26. The van der Waals surface area contributed by atoms with E-state index in [1.165, 1.54) is 0 Å². The van der Waals surface area contributed by atoms with Crippen LogP contribution in [0.15, 0.2) is 82.0 Å². The molecular formula is C26H23NO5. The van der Waals surface area contributed by atoms with E-state index < -0.39 is 0 Å². The number of aryl methyl sites for hydroxylation is 1. The van der Waals surface area contributed by atoms with Crippen LogP contribution in [-0.4, -0.2) is 24.2 Å². The van der Waals surface area contributed by atoms with Crippen molar-refractivity contribution in [1.82, 2.24) is 5.32 Å². The summed E-state index contributed by atoms with van der Waals surface area (Å²) >= 11 is 0. The van der Waals surface area contributed by atoms with Gasteiger partial charge in [0.25, 0.3) is 5.91 Å². The molecule has 0 saturated carbocycles. The summed E-state index contributed by atoms with van der Waals surface area (Å²) in [4.78, 5) is 25.1. The van der Waals surface area contributed by atoms with E-state index in [9.17, 15) is 14.7 Å². The fourth-order valence-corrected chi connectivity index (χ4v) is 3.52. The maximum atomic E-state index is 13.0. The van der Waals surface area contributed by atoms with Crippen molar-refractivity contribution >= 4 is 16.9 Å². The number of carbonyl (C=O) groups is 1. The third-order valence-corrected chi connectivity index (χ3v) is 5.14. The SMILES string of the molecule is Cc1oc2cc(OCC(=O)NCCc3ccc(O)cc3)ccc2c(=O)c1-c1ccccc1. The Bertz CT molecular complexity index is 1290. The van der Waals surface area contributed by atoms with Crippen molar-refractivity contribution in [2.24, 2.45) is 0 Å². The zero-order valence-electron chi connectivity index (χ0n) is 17.6. The van der Waals surface area contributed by atoms with Crippen molar-refractivity contribution in [3.05, 3.63) is 94.3 Å². The van der Waals surface area contributed by atoms with Gasteiger partial charge in [-0.05, 0) is 48.7 Å². The number of carbonyl (C=O) groups excluding carboxylic acids is 1. The topological polar surface area (TPSA) is 88.8 Å². The van der Waals surface area contributed by atoms with Crippen LogP contribution in [0.25, 0.3) is 22.1 Å². The molecule has 6 nitrogen and oxygen atoms in total. The molecule has 1 aromatic heterocycles. The standard InChI is InChI=1S/C26H23NO5/c1-17-25(19-5-3-2-4-6-19)26(30)22-12-11-21(15-23(22)32-17)31-16-24(29)27-14-13-18-7-9-20(28)10-8-18/h2-12,15,28H,13-14,16H2,1H3,(H,27,29). The Morgan fingerprint density at radius 1 is 1.03 bits per heavy atom. The summed E-state index contributed by atoms with van der Waals surface area (Å²) in [6.07, 6.45) is 0.649. The van der Waals surface area contributed by atoms with Gasteiger partial charge in [0.05, 0.1) is 10.9 Å². The molecule has 0 aliphatic heterocycles. The van der Waals surface area contributed by atoms with Crippen LogP contribution in [0.1, 0.15) is 11.3 Å². The zero-order valence-corrected chi connectivity index (χ0v) is 17.6. The zero-order chi connectivity index (χ0) is 22.5. The first-order chi connectivity index (χ1) is 15.5. The van der Waals surface area contributed by atoms with Crippen molar-refractivity contribution < 1.29 is 19.1 Å². The molecule has 4 rings (SSSR count). The van der Waals surface area contributed by atoms with Gasteiger partial charge in [-0.3, -0.25) is 9.59 Å². The number of nitrogens with one attached hydrogen (secondary N) is 1. The van der Waals surface area contributed by atoms with Gasteiger partial charge in [-0.2, -0.15) is 0 Å². The van der Waals surface area contributed by atoms with Crippen LogP contribution in [0.5, 0.6) is 11.5 Å². The van der Waals surface area contributed by atoms with Gasteiger partial charge in [0, 0.05) is 12.6 Å². The van der Waals surface area contributed by atoms with E-state index in [4.69, 9.17) is 9.15 Å². The number of rotatable bonds is 7. The lowest BCUT2D eigenvalue weighted by Crippen LogP contribution is -2.30. The van der Waals surface area contributed by atoms with Crippen molar-refractivity contribution in [3.8, 4) is 22.6 Å². The van der Waals surface area contributed by atoms with Gasteiger partial charge in [-0.1, -0.05) is 42.5 Å². The Hall–Kier alpha value is -4.06. The number of amides is 1. The summed E-state index contributed by atoms with van der Waals surface area (Å²) in [6.45, 7) is 2.08. The average Bonchev–Trinajstić information content (AvgIpc) is 2.79. The minimum Gasteiger partial charge on any atom is -0.508 e. The molecule has 162 valence electrons. The molecule has 1 amide bonds. The average molecular weight is 429 g/mol. The van der Waals surface area contributed by atoms with Crippen LogP contribution in [0.4, 0.5) is 0 Å². The fourth-order valence-electron chi connectivity index (χ4n) is 3.52. The normalized spacial score (nSPS) is 10.8. The van der Waals surface area contributed by atoms with Crippen molar-refractivity contribution in [1.29, 1.82) is 0 Å². The Kier molecular flexibility index (Phi) is 6.22. The van der Waals surface area contributed by atoms with E-state index in [0.717, 1.165) is 11.1 Å².